The zero-order chi connectivity index (χ0) is 16.0. The molecular formula is C16H18F3NO2. The molecule has 0 fully saturated rings. The van der Waals surface area contributed by atoms with Crippen molar-refractivity contribution in [3.8, 4) is 5.75 Å². The van der Waals surface area contributed by atoms with Gasteiger partial charge in [0.2, 0.25) is 5.91 Å². The summed E-state index contributed by atoms with van der Waals surface area (Å²) in [6, 6.07) is 6.21. The lowest BCUT2D eigenvalue weighted by Gasteiger charge is -2.11. The number of hydrogen-bond donors (Lipinski definition) is 1. The lowest BCUT2D eigenvalue weighted by Crippen LogP contribution is -2.24. The van der Waals surface area contributed by atoms with Gasteiger partial charge in [-0.25, -0.2) is 0 Å². The van der Waals surface area contributed by atoms with Crippen molar-refractivity contribution in [1.82, 2.24) is 5.32 Å². The molecule has 0 spiro atoms. The number of alkyl halides is 3. The van der Waals surface area contributed by atoms with Crippen molar-refractivity contribution in [2.45, 2.75) is 32.0 Å². The first-order valence-electron chi connectivity index (χ1n) is 7.14. The zero-order valence-corrected chi connectivity index (χ0v) is 12.0. The Bertz CT molecular complexity index is 523. The Hall–Kier alpha value is -1.98. The van der Waals surface area contributed by atoms with Crippen molar-refractivity contribution in [2.75, 3.05) is 6.61 Å². The Morgan fingerprint density at radius 3 is 2.59 bits per heavy atom. The minimum Gasteiger partial charge on any atom is -0.484 e. The van der Waals surface area contributed by atoms with Crippen molar-refractivity contribution in [3.63, 3.8) is 0 Å². The normalized spacial score (nSPS) is 17.5. The molecule has 1 aliphatic rings. The lowest BCUT2D eigenvalue weighted by molar-refractivity contribution is -0.153. The summed E-state index contributed by atoms with van der Waals surface area (Å²) in [6.07, 6.45) is 2.31. The van der Waals surface area contributed by atoms with Crippen molar-refractivity contribution in [2.24, 2.45) is 5.92 Å². The minimum atomic E-state index is -4.35. The number of carbonyl (C=O) groups is 1. The predicted octanol–water partition coefficient (Wildman–Crippen LogP) is 3.60. The van der Waals surface area contributed by atoms with Gasteiger partial charge in [0.15, 0.2) is 6.61 Å². The fraction of sp³-hybridized carbons (Fsp3) is 0.438. The van der Waals surface area contributed by atoms with Crippen LogP contribution in [0.5, 0.6) is 5.75 Å². The van der Waals surface area contributed by atoms with Crippen LogP contribution in [0.2, 0.25) is 0 Å². The average Bonchev–Trinajstić information content (AvgIpc) is 2.96. The van der Waals surface area contributed by atoms with Gasteiger partial charge < -0.3 is 10.1 Å². The molecule has 6 heteroatoms. The zero-order valence-electron chi connectivity index (χ0n) is 12.0. The molecule has 1 N–H and O–H groups in total. The Kier molecular flexibility index (Phi) is 5.46. The van der Waals surface area contributed by atoms with E-state index >= 15 is 0 Å². The highest BCUT2D eigenvalue weighted by molar-refractivity contribution is 5.76. The second kappa shape index (κ2) is 7.33. The van der Waals surface area contributed by atoms with E-state index in [1.807, 2.05) is 0 Å². The van der Waals surface area contributed by atoms with Crippen LogP contribution in [0.4, 0.5) is 13.2 Å². The topological polar surface area (TPSA) is 38.3 Å². The van der Waals surface area contributed by atoms with Crippen LogP contribution >= 0.6 is 0 Å². The number of ether oxygens (including phenoxy) is 1. The molecule has 1 unspecified atom stereocenters. The highest BCUT2D eigenvalue weighted by Crippen LogP contribution is 2.20. The summed E-state index contributed by atoms with van der Waals surface area (Å²) in [7, 11) is 0. The van der Waals surface area contributed by atoms with Crippen LogP contribution in [0.25, 0.3) is 0 Å². The monoisotopic (exact) mass is 313 g/mol. The number of rotatable bonds is 6. The summed E-state index contributed by atoms with van der Waals surface area (Å²) in [5.74, 6) is 0.454. The number of carbonyl (C=O) groups excluding carboxylic acids is 1. The van der Waals surface area contributed by atoms with Gasteiger partial charge in [-0.05, 0) is 36.5 Å². The Labute approximate surface area is 127 Å². The summed E-state index contributed by atoms with van der Waals surface area (Å²) in [5, 5.41) is 2.81. The maximum absolute atomic E-state index is 12.0. The van der Waals surface area contributed by atoms with Crippen LogP contribution in [0.3, 0.4) is 0 Å². The van der Waals surface area contributed by atoms with Gasteiger partial charge in [-0.15, -0.1) is 0 Å². The molecule has 2 rings (SSSR count). The molecule has 1 aliphatic carbocycles. The smallest absolute Gasteiger partial charge is 0.422 e. The van der Waals surface area contributed by atoms with E-state index < -0.39 is 12.8 Å². The third kappa shape index (κ3) is 5.79. The number of amides is 1. The summed E-state index contributed by atoms with van der Waals surface area (Å²) in [6.45, 7) is -0.952. The fourth-order valence-electron chi connectivity index (χ4n) is 2.24. The molecule has 22 heavy (non-hydrogen) atoms. The van der Waals surface area contributed by atoms with E-state index in [0.717, 1.165) is 18.4 Å². The van der Waals surface area contributed by atoms with E-state index in [4.69, 9.17) is 0 Å². The van der Waals surface area contributed by atoms with Crippen molar-refractivity contribution < 1.29 is 22.7 Å². The molecule has 120 valence electrons. The van der Waals surface area contributed by atoms with Gasteiger partial charge in [0.05, 0.1) is 0 Å². The molecular weight excluding hydrogens is 295 g/mol. The van der Waals surface area contributed by atoms with Gasteiger partial charge in [-0.2, -0.15) is 13.2 Å². The van der Waals surface area contributed by atoms with E-state index in [1.54, 1.807) is 12.1 Å². The number of benzene rings is 1. The van der Waals surface area contributed by atoms with Gasteiger partial charge in [-0.3, -0.25) is 4.79 Å². The van der Waals surface area contributed by atoms with Gasteiger partial charge in [0.25, 0.3) is 0 Å². The quantitative estimate of drug-likeness (QED) is 0.815. The number of allylic oxidation sites excluding steroid dienone is 2. The number of nitrogens with one attached hydrogen (secondary N) is 1. The van der Waals surface area contributed by atoms with E-state index in [0.29, 0.717) is 18.9 Å². The third-order valence-electron chi connectivity index (χ3n) is 3.38. The summed E-state index contributed by atoms with van der Waals surface area (Å²) < 4.78 is 40.7. The molecule has 3 nitrogen and oxygen atoms in total. The van der Waals surface area contributed by atoms with Crippen molar-refractivity contribution in [1.29, 1.82) is 0 Å². The SMILES string of the molecule is O=C(CC1C=CCC1)NCc1ccc(OCC(F)(F)F)cc1. The second-order valence-electron chi connectivity index (χ2n) is 5.29. The molecule has 0 aliphatic heterocycles. The van der Waals surface area contributed by atoms with Gasteiger partial charge in [-0.1, -0.05) is 24.3 Å². The summed E-state index contributed by atoms with van der Waals surface area (Å²) in [5.41, 5.74) is 0.815. The molecule has 1 atom stereocenters. The van der Waals surface area contributed by atoms with Crippen LogP contribution in [-0.4, -0.2) is 18.7 Å². The number of hydrogen-bond acceptors (Lipinski definition) is 2. The first-order chi connectivity index (χ1) is 10.4. The van der Waals surface area contributed by atoms with Gasteiger partial charge >= 0.3 is 6.18 Å². The van der Waals surface area contributed by atoms with Crippen LogP contribution in [0.1, 0.15) is 24.8 Å². The predicted molar refractivity (Wildman–Crippen MR) is 76.3 cm³/mol. The number of halogens is 3. The van der Waals surface area contributed by atoms with E-state index in [2.05, 4.69) is 22.2 Å². The molecule has 1 aromatic carbocycles. The van der Waals surface area contributed by atoms with Gasteiger partial charge in [0.1, 0.15) is 5.75 Å². The maximum Gasteiger partial charge on any atom is 0.422 e. The first-order valence-corrected chi connectivity index (χ1v) is 7.14. The molecule has 1 amide bonds. The first kappa shape index (κ1) is 16.4. The molecule has 0 heterocycles. The maximum atomic E-state index is 12.0. The molecule has 0 saturated carbocycles. The van der Waals surface area contributed by atoms with Crippen LogP contribution < -0.4 is 10.1 Å². The summed E-state index contributed by atoms with van der Waals surface area (Å²) in [4.78, 5) is 11.8. The Morgan fingerprint density at radius 2 is 2.00 bits per heavy atom. The Balaban J connectivity index is 1.73. The molecule has 0 bridgehead atoms. The Morgan fingerprint density at radius 1 is 1.27 bits per heavy atom. The highest BCUT2D eigenvalue weighted by Gasteiger charge is 2.28. The molecule has 1 aromatic rings. The molecule has 0 aromatic heterocycles. The van der Waals surface area contributed by atoms with Crippen LogP contribution in [-0.2, 0) is 11.3 Å². The largest absolute Gasteiger partial charge is 0.484 e. The van der Waals surface area contributed by atoms with Crippen LogP contribution in [0.15, 0.2) is 36.4 Å². The van der Waals surface area contributed by atoms with E-state index in [9.17, 15) is 18.0 Å². The van der Waals surface area contributed by atoms with E-state index in [-0.39, 0.29) is 11.7 Å². The minimum absolute atomic E-state index is 0.0195. The standard InChI is InChI=1S/C16H18F3NO2/c17-16(18,19)11-22-14-7-5-13(6-8-14)10-20-15(21)9-12-3-1-2-4-12/h1,3,5-8,12H,2,4,9-11H2,(H,20,21). The molecule has 0 saturated heterocycles. The average molecular weight is 313 g/mol. The van der Waals surface area contributed by atoms with Crippen LogP contribution in [0, 0.1) is 5.92 Å². The molecule has 0 radical (unpaired) electrons. The lowest BCUT2D eigenvalue weighted by atomic mass is 10.1. The summed E-state index contributed by atoms with van der Waals surface area (Å²) >= 11 is 0. The van der Waals surface area contributed by atoms with E-state index in [1.165, 1.54) is 12.1 Å². The second-order valence-corrected chi connectivity index (χ2v) is 5.29. The van der Waals surface area contributed by atoms with Gasteiger partial charge in [0, 0.05) is 13.0 Å². The fourth-order valence-corrected chi connectivity index (χ4v) is 2.24. The third-order valence-corrected chi connectivity index (χ3v) is 3.38. The van der Waals surface area contributed by atoms with Crippen molar-refractivity contribution >= 4 is 5.91 Å². The highest BCUT2D eigenvalue weighted by atomic mass is 19.4. The van der Waals surface area contributed by atoms with Crippen molar-refractivity contribution in [3.05, 3.63) is 42.0 Å².